The van der Waals surface area contributed by atoms with E-state index in [1.807, 2.05) is 13.8 Å². The summed E-state index contributed by atoms with van der Waals surface area (Å²) in [4.78, 5) is 28.6. The first-order chi connectivity index (χ1) is 21.8. The van der Waals surface area contributed by atoms with E-state index in [4.69, 9.17) is 4.74 Å². The van der Waals surface area contributed by atoms with Gasteiger partial charge < -0.3 is 25.2 Å². The number of hydrogen-bond donors (Lipinski definition) is 3. The summed E-state index contributed by atoms with van der Waals surface area (Å²) >= 11 is 0. The molecule has 0 radical (unpaired) electrons. The number of carbonyl (C=O) groups excluding carboxylic acids is 2. The summed E-state index contributed by atoms with van der Waals surface area (Å²) in [6.45, 7) is 6.01. The van der Waals surface area contributed by atoms with Crippen LogP contribution in [0.25, 0.3) is 0 Å². The third kappa shape index (κ3) is 10.7. The van der Waals surface area contributed by atoms with Gasteiger partial charge in [0.25, 0.3) is 11.8 Å². The zero-order valence-electron chi connectivity index (χ0n) is 26.3. The smallest absolute Gasteiger partial charge is 0.253 e. The number of ether oxygens (including phenoxy) is 1. The van der Waals surface area contributed by atoms with Gasteiger partial charge in [-0.05, 0) is 79.8 Å². The highest BCUT2D eigenvalue weighted by molar-refractivity contribution is 7.91. The maximum Gasteiger partial charge on any atom is 0.253 e. The Hall–Kier alpha value is -3.71. The molecule has 0 aliphatic carbocycles. The molecule has 0 saturated carbocycles. The maximum atomic E-state index is 14.0. The quantitative estimate of drug-likeness (QED) is 0.186. The number of nitrogens with zero attached hydrogens (tertiary/aromatic N) is 1. The molecular formula is C34H42F2N2O7S. The molecule has 9 nitrogen and oxygen atoms in total. The fraction of sp³-hybridized carbons (Fsp3) is 0.412. The number of aliphatic hydroxyl groups excluding tert-OH is 2. The van der Waals surface area contributed by atoms with Gasteiger partial charge in [0.05, 0.1) is 29.9 Å². The van der Waals surface area contributed by atoms with Crippen molar-refractivity contribution in [1.82, 2.24) is 10.2 Å². The first-order valence-corrected chi connectivity index (χ1v) is 16.9. The molecule has 3 N–H and O–H groups in total. The molecule has 46 heavy (non-hydrogen) atoms. The summed E-state index contributed by atoms with van der Waals surface area (Å²) in [5.41, 5.74) is 1.19. The van der Waals surface area contributed by atoms with E-state index in [9.17, 15) is 37.0 Å². The molecule has 0 spiro atoms. The summed E-state index contributed by atoms with van der Waals surface area (Å²) in [6.07, 6.45) is -2.02. The van der Waals surface area contributed by atoms with Crippen molar-refractivity contribution in [2.45, 2.75) is 63.2 Å². The fourth-order valence-electron chi connectivity index (χ4n) is 5.05. The van der Waals surface area contributed by atoms with Crippen molar-refractivity contribution in [3.8, 4) is 0 Å². The summed E-state index contributed by atoms with van der Waals surface area (Å²) < 4.78 is 58.3. The highest BCUT2D eigenvalue weighted by atomic mass is 32.2. The molecule has 3 rings (SSSR count). The monoisotopic (exact) mass is 660 g/mol. The van der Waals surface area contributed by atoms with Crippen molar-refractivity contribution >= 4 is 21.7 Å². The molecule has 3 atom stereocenters. The van der Waals surface area contributed by atoms with Gasteiger partial charge >= 0.3 is 0 Å². The van der Waals surface area contributed by atoms with E-state index < -0.39 is 52.2 Å². The van der Waals surface area contributed by atoms with E-state index in [1.165, 1.54) is 18.2 Å². The third-order valence-electron chi connectivity index (χ3n) is 7.25. The number of nitrogens with one attached hydrogen (secondary N) is 1. The van der Waals surface area contributed by atoms with Crippen LogP contribution in [0.3, 0.4) is 0 Å². The first kappa shape index (κ1) is 36.8. The second-order valence-corrected chi connectivity index (χ2v) is 13.3. The number of aliphatic hydroxyl groups is 2. The summed E-state index contributed by atoms with van der Waals surface area (Å²) in [7, 11) is -3.64. The van der Waals surface area contributed by atoms with Crippen molar-refractivity contribution < 1.29 is 41.7 Å². The number of aryl methyl sites for hydroxylation is 1. The van der Waals surface area contributed by atoms with Crippen LogP contribution in [0.5, 0.6) is 0 Å². The van der Waals surface area contributed by atoms with Gasteiger partial charge in [0.2, 0.25) is 0 Å². The molecule has 3 aromatic rings. The van der Waals surface area contributed by atoms with E-state index in [-0.39, 0.29) is 40.7 Å². The van der Waals surface area contributed by atoms with Gasteiger partial charge in [0.1, 0.15) is 23.8 Å². The highest BCUT2D eigenvalue weighted by Gasteiger charge is 2.30. The second kappa shape index (κ2) is 17.3. The Balaban J connectivity index is 1.77. The molecule has 0 saturated heterocycles. The Kier molecular flexibility index (Phi) is 13.8. The molecular weight excluding hydrogens is 618 g/mol. The number of halogens is 2. The second-order valence-electron chi connectivity index (χ2n) is 11.2. The Labute approximate surface area is 269 Å². The van der Waals surface area contributed by atoms with Gasteiger partial charge in [0, 0.05) is 30.3 Å². The predicted octanol–water partition coefficient (Wildman–Crippen LogP) is 4.09. The van der Waals surface area contributed by atoms with Crippen molar-refractivity contribution in [3.63, 3.8) is 0 Å². The molecule has 3 aromatic carbocycles. The fourth-order valence-corrected chi connectivity index (χ4v) is 6.20. The van der Waals surface area contributed by atoms with Crippen LogP contribution in [-0.2, 0) is 21.0 Å². The van der Waals surface area contributed by atoms with Crippen LogP contribution < -0.4 is 5.32 Å². The van der Waals surface area contributed by atoms with E-state index in [0.717, 1.165) is 25.0 Å². The van der Waals surface area contributed by atoms with Gasteiger partial charge in [-0.3, -0.25) is 9.59 Å². The van der Waals surface area contributed by atoms with Gasteiger partial charge in [-0.2, -0.15) is 0 Å². The molecule has 2 amide bonds. The molecule has 0 aromatic heterocycles. The van der Waals surface area contributed by atoms with Crippen LogP contribution in [0.15, 0.2) is 71.6 Å². The molecule has 12 heteroatoms. The van der Waals surface area contributed by atoms with Crippen LogP contribution in [0.4, 0.5) is 8.78 Å². The van der Waals surface area contributed by atoms with Gasteiger partial charge in [-0.15, -0.1) is 0 Å². The minimum Gasteiger partial charge on any atom is -0.388 e. The standard InChI is InChI=1S/C34H42F2N2O7S/c1-4-11-38(12-5-2)34(42)26-16-23(3)15-25(20-26)33(41)37-30(19-24-17-27(35)21-28(36)18-24)32(40)31(39)22-45-13-14-46(43,44)29-9-7-6-8-10-29/h6-10,15-18,20-21,30-32,39-40H,4-5,11-14,19,22H2,1-3H3,(H,37,41)/t30-,31+,32-/m0/s1. The zero-order valence-corrected chi connectivity index (χ0v) is 27.1. The normalized spacial score (nSPS) is 13.5. The lowest BCUT2D eigenvalue weighted by Gasteiger charge is -2.28. The van der Waals surface area contributed by atoms with E-state index in [1.54, 1.807) is 42.2 Å². The highest BCUT2D eigenvalue weighted by Crippen LogP contribution is 2.17. The van der Waals surface area contributed by atoms with Gasteiger partial charge in [-0.1, -0.05) is 32.0 Å². The first-order valence-electron chi connectivity index (χ1n) is 15.2. The predicted molar refractivity (Wildman–Crippen MR) is 170 cm³/mol. The molecule has 250 valence electrons. The Morgan fingerprint density at radius 3 is 2.13 bits per heavy atom. The van der Waals surface area contributed by atoms with Crippen LogP contribution in [0.1, 0.15) is 58.5 Å². The van der Waals surface area contributed by atoms with E-state index in [0.29, 0.717) is 30.3 Å². The van der Waals surface area contributed by atoms with Gasteiger partial charge in [-0.25, -0.2) is 17.2 Å². The molecule has 0 unspecified atom stereocenters. The summed E-state index contributed by atoms with van der Waals surface area (Å²) in [6, 6.07) is 14.0. The van der Waals surface area contributed by atoms with Crippen molar-refractivity contribution in [1.29, 1.82) is 0 Å². The Bertz CT molecular complexity index is 1540. The lowest BCUT2D eigenvalue weighted by molar-refractivity contribution is -0.0483. The van der Waals surface area contributed by atoms with Gasteiger partial charge in [0.15, 0.2) is 9.84 Å². The summed E-state index contributed by atoms with van der Waals surface area (Å²) in [5, 5.41) is 24.5. The average molecular weight is 661 g/mol. The number of benzene rings is 3. The molecule has 0 aliphatic heterocycles. The lowest BCUT2D eigenvalue weighted by atomic mass is 9.96. The molecule has 0 bridgehead atoms. The number of sulfone groups is 1. The minimum atomic E-state index is -3.64. The van der Waals surface area contributed by atoms with Crippen molar-refractivity contribution in [3.05, 3.63) is 101 Å². The number of rotatable bonds is 17. The lowest BCUT2D eigenvalue weighted by Crippen LogP contribution is -2.51. The van der Waals surface area contributed by atoms with Crippen LogP contribution >= 0.6 is 0 Å². The van der Waals surface area contributed by atoms with Crippen LogP contribution in [-0.4, -0.2) is 85.7 Å². The third-order valence-corrected chi connectivity index (χ3v) is 8.94. The SMILES string of the molecule is CCCN(CCC)C(=O)c1cc(C)cc(C(=O)N[C@@H](Cc2cc(F)cc(F)c2)[C@H](O)[C@H](O)COCCS(=O)(=O)c2ccccc2)c1. The topological polar surface area (TPSA) is 133 Å². The Morgan fingerprint density at radius 1 is 0.913 bits per heavy atom. The minimum absolute atomic E-state index is 0.110. The van der Waals surface area contributed by atoms with E-state index >= 15 is 0 Å². The summed E-state index contributed by atoms with van der Waals surface area (Å²) in [5.74, 6) is -2.99. The average Bonchev–Trinajstić information content (AvgIpc) is 3.01. The number of amides is 2. The zero-order chi connectivity index (χ0) is 33.9. The van der Waals surface area contributed by atoms with E-state index in [2.05, 4.69) is 5.32 Å². The number of carbonyl (C=O) groups is 2. The largest absolute Gasteiger partial charge is 0.388 e. The molecule has 0 heterocycles. The Morgan fingerprint density at radius 2 is 1.52 bits per heavy atom. The molecule has 0 aliphatic rings. The maximum absolute atomic E-state index is 14.0. The van der Waals surface area contributed by atoms with Crippen LogP contribution in [0.2, 0.25) is 0 Å². The number of hydrogen-bond acceptors (Lipinski definition) is 7. The van der Waals surface area contributed by atoms with Crippen LogP contribution in [0, 0.1) is 18.6 Å². The van der Waals surface area contributed by atoms with Crippen molar-refractivity contribution in [2.75, 3.05) is 32.1 Å². The molecule has 0 fully saturated rings. The van der Waals surface area contributed by atoms with Crippen molar-refractivity contribution in [2.24, 2.45) is 0 Å².